The fourth-order valence-electron chi connectivity index (χ4n) is 5.52. The summed E-state index contributed by atoms with van der Waals surface area (Å²) in [5, 5.41) is 47.5. The number of aromatic hydroxyl groups is 2. The zero-order valence-corrected chi connectivity index (χ0v) is 20.7. The first-order valence-electron chi connectivity index (χ1n) is 11.8. The SMILES string of the molecule is COc1cccc2c1C(=O)c1c(O)c3c(c(O)c1C2=O)C[C@@](O)(c1csc(N2CCOCC2)n1)C[C@@H]3O. The Kier molecular flexibility index (Phi) is 5.50. The molecule has 1 aliphatic heterocycles. The number of fused-ring (bicyclic) bond motifs is 3. The Morgan fingerprint density at radius 2 is 1.84 bits per heavy atom. The Morgan fingerprint density at radius 1 is 1.11 bits per heavy atom. The van der Waals surface area contributed by atoms with Gasteiger partial charge in [0.2, 0.25) is 5.78 Å². The number of ketones is 2. The molecule has 37 heavy (non-hydrogen) atoms. The lowest BCUT2D eigenvalue weighted by molar-refractivity contribution is -0.0307. The molecule has 0 spiro atoms. The van der Waals surface area contributed by atoms with Crippen LogP contribution in [0, 0.1) is 0 Å². The third-order valence-corrected chi connectivity index (χ3v) is 8.25. The van der Waals surface area contributed by atoms with Crippen LogP contribution in [-0.2, 0) is 16.8 Å². The summed E-state index contributed by atoms with van der Waals surface area (Å²) in [5.74, 6) is -2.33. The number of thiazole rings is 1. The molecular weight excluding hydrogens is 500 g/mol. The van der Waals surface area contributed by atoms with Gasteiger partial charge in [-0.25, -0.2) is 4.98 Å². The molecule has 1 aromatic heterocycles. The molecule has 2 aliphatic carbocycles. The van der Waals surface area contributed by atoms with Crippen molar-refractivity contribution in [2.24, 2.45) is 0 Å². The maximum Gasteiger partial charge on any atom is 0.202 e. The van der Waals surface area contributed by atoms with Crippen LogP contribution in [0.3, 0.4) is 0 Å². The van der Waals surface area contributed by atoms with Crippen molar-refractivity contribution in [2.45, 2.75) is 24.5 Å². The zero-order valence-electron chi connectivity index (χ0n) is 19.9. The van der Waals surface area contributed by atoms with Crippen LogP contribution in [0.25, 0.3) is 0 Å². The highest BCUT2D eigenvalue weighted by Crippen LogP contribution is 2.53. The highest BCUT2D eigenvalue weighted by atomic mass is 32.1. The summed E-state index contributed by atoms with van der Waals surface area (Å²) >= 11 is 1.35. The van der Waals surface area contributed by atoms with Crippen LogP contribution in [0.1, 0.15) is 61.2 Å². The Labute approximate surface area is 215 Å². The van der Waals surface area contributed by atoms with E-state index in [1.807, 2.05) is 4.90 Å². The van der Waals surface area contributed by atoms with Gasteiger partial charge in [0, 0.05) is 48.0 Å². The number of carbonyl (C=O) groups excluding carboxylic acids is 2. The normalized spacial score (nSPS) is 22.9. The van der Waals surface area contributed by atoms with Gasteiger partial charge in [-0.15, -0.1) is 11.3 Å². The molecule has 192 valence electrons. The molecule has 6 rings (SSSR count). The number of methoxy groups -OCH3 is 1. The first-order valence-corrected chi connectivity index (χ1v) is 12.7. The maximum absolute atomic E-state index is 13.4. The van der Waals surface area contributed by atoms with Gasteiger partial charge in [0.15, 0.2) is 10.9 Å². The summed E-state index contributed by atoms with van der Waals surface area (Å²) in [4.78, 5) is 33.5. The van der Waals surface area contributed by atoms with Crippen LogP contribution in [0.2, 0.25) is 0 Å². The molecule has 1 saturated heterocycles. The van der Waals surface area contributed by atoms with Gasteiger partial charge in [0.25, 0.3) is 0 Å². The van der Waals surface area contributed by atoms with Crippen molar-refractivity contribution in [3.05, 3.63) is 62.7 Å². The topological polar surface area (TPSA) is 150 Å². The lowest BCUT2D eigenvalue weighted by atomic mass is 9.72. The van der Waals surface area contributed by atoms with Gasteiger partial charge in [0.05, 0.1) is 48.8 Å². The summed E-state index contributed by atoms with van der Waals surface area (Å²) in [6.45, 7) is 2.48. The second-order valence-corrected chi connectivity index (χ2v) is 10.3. The van der Waals surface area contributed by atoms with E-state index in [9.17, 15) is 30.0 Å². The van der Waals surface area contributed by atoms with Crippen LogP contribution < -0.4 is 9.64 Å². The van der Waals surface area contributed by atoms with Crippen molar-refractivity contribution in [2.75, 3.05) is 38.3 Å². The van der Waals surface area contributed by atoms with Gasteiger partial charge in [-0.3, -0.25) is 9.59 Å². The summed E-state index contributed by atoms with van der Waals surface area (Å²) < 4.78 is 10.6. The molecule has 4 N–H and O–H groups in total. The third-order valence-electron chi connectivity index (χ3n) is 7.35. The van der Waals surface area contributed by atoms with Crippen LogP contribution in [0.4, 0.5) is 5.13 Å². The van der Waals surface area contributed by atoms with E-state index in [1.54, 1.807) is 11.4 Å². The van der Waals surface area contributed by atoms with Crippen LogP contribution >= 0.6 is 11.3 Å². The second-order valence-electron chi connectivity index (χ2n) is 9.42. The molecule has 0 radical (unpaired) electrons. The first-order chi connectivity index (χ1) is 17.7. The number of morpholine rings is 1. The number of benzene rings is 2. The molecule has 3 aliphatic rings. The quantitative estimate of drug-likeness (QED) is 0.293. The van der Waals surface area contributed by atoms with Crippen molar-refractivity contribution >= 4 is 28.0 Å². The smallest absolute Gasteiger partial charge is 0.202 e. The van der Waals surface area contributed by atoms with Gasteiger partial charge in [-0.05, 0) is 6.07 Å². The molecule has 1 fully saturated rings. The number of aliphatic hydroxyl groups is 2. The van der Waals surface area contributed by atoms with E-state index < -0.39 is 34.8 Å². The number of ether oxygens (including phenoxy) is 2. The number of anilines is 1. The highest BCUT2D eigenvalue weighted by Gasteiger charge is 2.47. The minimum absolute atomic E-state index is 0.00548. The summed E-state index contributed by atoms with van der Waals surface area (Å²) in [6.07, 6.45) is -1.87. The van der Waals surface area contributed by atoms with Gasteiger partial charge in [-0.1, -0.05) is 12.1 Å². The Hall–Kier alpha value is -3.51. The first kappa shape index (κ1) is 23.9. The molecule has 0 amide bonds. The number of phenolic OH excluding ortho intramolecular Hbond substituents is 2. The Balaban J connectivity index is 1.45. The van der Waals surface area contributed by atoms with E-state index in [1.165, 1.54) is 30.6 Å². The fourth-order valence-corrected chi connectivity index (χ4v) is 6.49. The van der Waals surface area contributed by atoms with Crippen molar-refractivity contribution in [1.82, 2.24) is 4.98 Å². The van der Waals surface area contributed by atoms with Crippen molar-refractivity contribution < 1.29 is 39.5 Å². The molecule has 2 atom stereocenters. The van der Waals surface area contributed by atoms with E-state index in [-0.39, 0.29) is 52.0 Å². The van der Waals surface area contributed by atoms with Gasteiger partial charge < -0.3 is 34.8 Å². The van der Waals surface area contributed by atoms with Gasteiger partial charge in [-0.2, -0.15) is 0 Å². The van der Waals surface area contributed by atoms with Gasteiger partial charge in [0.1, 0.15) is 22.8 Å². The molecule has 11 heteroatoms. The van der Waals surface area contributed by atoms with E-state index in [0.717, 1.165) is 0 Å². The second kappa shape index (κ2) is 8.52. The lowest BCUT2D eigenvalue weighted by Gasteiger charge is -2.37. The van der Waals surface area contributed by atoms with E-state index in [0.29, 0.717) is 37.1 Å². The summed E-state index contributed by atoms with van der Waals surface area (Å²) in [6, 6.07) is 4.53. The third kappa shape index (κ3) is 3.46. The summed E-state index contributed by atoms with van der Waals surface area (Å²) in [5.41, 5.74) is -2.15. The molecule has 10 nitrogen and oxygen atoms in total. The van der Waals surface area contributed by atoms with Crippen LogP contribution in [-0.4, -0.2) is 70.4 Å². The molecule has 0 saturated carbocycles. The number of aromatic nitrogens is 1. The molecule has 3 aromatic rings. The maximum atomic E-state index is 13.4. The molecule has 2 aromatic carbocycles. The Bertz CT molecular complexity index is 1460. The van der Waals surface area contributed by atoms with Crippen LogP contribution in [0.5, 0.6) is 17.2 Å². The minimum Gasteiger partial charge on any atom is -0.507 e. The molecule has 0 bridgehead atoms. The molecule has 2 heterocycles. The summed E-state index contributed by atoms with van der Waals surface area (Å²) in [7, 11) is 1.36. The van der Waals surface area contributed by atoms with Crippen molar-refractivity contribution in [1.29, 1.82) is 0 Å². The number of carbonyl (C=O) groups is 2. The molecule has 0 unspecified atom stereocenters. The predicted molar refractivity (Wildman–Crippen MR) is 132 cm³/mol. The lowest BCUT2D eigenvalue weighted by Crippen LogP contribution is -2.38. The van der Waals surface area contributed by atoms with Gasteiger partial charge >= 0.3 is 0 Å². The average Bonchev–Trinajstić information content (AvgIpc) is 3.40. The number of rotatable bonds is 3. The molecular formula is C26H24N2O8S. The van der Waals surface area contributed by atoms with E-state index in [2.05, 4.69) is 4.98 Å². The average molecular weight is 525 g/mol. The fraction of sp³-hybridized carbons (Fsp3) is 0.346. The predicted octanol–water partition coefficient (Wildman–Crippen LogP) is 2.04. The number of hydrogen-bond donors (Lipinski definition) is 4. The Morgan fingerprint density at radius 3 is 2.57 bits per heavy atom. The van der Waals surface area contributed by atoms with Crippen LogP contribution in [0.15, 0.2) is 23.6 Å². The number of hydrogen-bond acceptors (Lipinski definition) is 11. The van der Waals surface area contributed by atoms with Crippen molar-refractivity contribution in [3.8, 4) is 17.2 Å². The number of nitrogens with zero attached hydrogens (tertiary/aromatic N) is 2. The minimum atomic E-state index is -1.67. The number of phenols is 2. The largest absolute Gasteiger partial charge is 0.507 e. The standard InChI is InChI=1S/C26H24N2O8S/c1-35-15-4-2-3-12-18(15)24(33)20-19(21(12)30)22(31)13-9-26(34,10-14(29)17(13)23(20)32)16-11-37-25(27-16)28-5-7-36-8-6-28/h2-4,11,14,29,31-32,34H,5-10H2,1H3/t14-,26-/m0/s1. The van der Waals surface area contributed by atoms with E-state index in [4.69, 9.17) is 9.47 Å². The number of aliphatic hydroxyl groups excluding tert-OH is 1. The zero-order chi connectivity index (χ0) is 26.1. The highest BCUT2D eigenvalue weighted by molar-refractivity contribution is 7.13. The van der Waals surface area contributed by atoms with E-state index >= 15 is 0 Å². The van der Waals surface area contributed by atoms with Crippen molar-refractivity contribution in [3.63, 3.8) is 0 Å². The monoisotopic (exact) mass is 524 g/mol.